The Labute approximate surface area is 103 Å². The van der Waals surface area contributed by atoms with Gasteiger partial charge in [-0.15, -0.1) is 11.3 Å². The van der Waals surface area contributed by atoms with E-state index in [9.17, 15) is 0 Å². The number of aromatic nitrogens is 1. The number of hydrogen-bond acceptors (Lipinski definition) is 4. The van der Waals surface area contributed by atoms with Crippen LogP contribution in [0.4, 0.5) is 5.13 Å². The number of unbranched alkanes of at least 4 members (excludes halogenated alkanes) is 2. The third-order valence-electron chi connectivity index (χ3n) is 2.45. The third-order valence-corrected chi connectivity index (χ3v) is 3.39. The van der Waals surface area contributed by atoms with Gasteiger partial charge < -0.3 is 10.2 Å². The van der Waals surface area contributed by atoms with Crippen LogP contribution in [0.1, 0.15) is 38.0 Å². The van der Waals surface area contributed by atoms with E-state index in [1.165, 1.54) is 30.7 Å². The van der Waals surface area contributed by atoms with Gasteiger partial charge in [0.25, 0.3) is 0 Å². The van der Waals surface area contributed by atoms with Crippen molar-refractivity contribution in [3.05, 3.63) is 11.1 Å². The van der Waals surface area contributed by atoms with E-state index in [1.807, 2.05) is 6.20 Å². The molecule has 0 bridgehead atoms. The van der Waals surface area contributed by atoms with Gasteiger partial charge in [0.05, 0.1) is 0 Å². The summed E-state index contributed by atoms with van der Waals surface area (Å²) in [6.45, 7) is 7.48. The summed E-state index contributed by atoms with van der Waals surface area (Å²) < 4.78 is 0. The molecule has 0 saturated heterocycles. The van der Waals surface area contributed by atoms with Crippen LogP contribution in [0, 0.1) is 0 Å². The van der Waals surface area contributed by atoms with Crippen molar-refractivity contribution < 1.29 is 0 Å². The van der Waals surface area contributed by atoms with Crippen LogP contribution in [0.15, 0.2) is 6.20 Å². The van der Waals surface area contributed by atoms with Crippen LogP contribution in [-0.4, -0.2) is 30.0 Å². The Bertz CT molecular complexity index is 286. The van der Waals surface area contributed by atoms with Crippen molar-refractivity contribution >= 4 is 16.5 Å². The lowest BCUT2D eigenvalue weighted by molar-refractivity contribution is 0.320. The van der Waals surface area contributed by atoms with Crippen LogP contribution < -0.4 is 5.32 Å². The van der Waals surface area contributed by atoms with Gasteiger partial charge in [-0.3, -0.25) is 0 Å². The summed E-state index contributed by atoms with van der Waals surface area (Å²) in [5, 5.41) is 4.28. The molecule has 0 aliphatic carbocycles. The lowest BCUT2D eigenvalue weighted by Gasteiger charge is -2.14. The molecule has 0 atom stereocenters. The van der Waals surface area contributed by atoms with Gasteiger partial charge in [0.2, 0.25) is 0 Å². The van der Waals surface area contributed by atoms with Crippen LogP contribution in [0.25, 0.3) is 0 Å². The largest absolute Gasteiger partial charge is 0.362 e. The van der Waals surface area contributed by atoms with Gasteiger partial charge in [-0.1, -0.05) is 19.8 Å². The van der Waals surface area contributed by atoms with Crippen molar-refractivity contribution in [1.82, 2.24) is 9.88 Å². The van der Waals surface area contributed by atoms with Crippen molar-refractivity contribution in [2.75, 3.05) is 25.5 Å². The summed E-state index contributed by atoms with van der Waals surface area (Å²) in [6, 6.07) is 0. The molecule has 1 heterocycles. The minimum Gasteiger partial charge on any atom is -0.362 e. The molecular formula is C12H23N3S. The number of thiazole rings is 1. The van der Waals surface area contributed by atoms with Crippen molar-refractivity contribution in [3.63, 3.8) is 0 Å². The lowest BCUT2D eigenvalue weighted by Crippen LogP contribution is -2.18. The average Bonchev–Trinajstić information content (AvgIpc) is 2.66. The summed E-state index contributed by atoms with van der Waals surface area (Å²) in [5.74, 6) is 0. The fourth-order valence-electron chi connectivity index (χ4n) is 1.59. The number of rotatable bonds is 8. The van der Waals surface area contributed by atoms with Crippen molar-refractivity contribution in [2.45, 2.75) is 39.7 Å². The van der Waals surface area contributed by atoms with E-state index in [1.54, 1.807) is 11.3 Å². The van der Waals surface area contributed by atoms with E-state index in [4.69, 9.17) is 0 Å². The quantitative estimate of drug-likeness (QED) is 0.708. The first kappa shape index (κ1) is 13.5. The monoisotopic (exact) mass is 241 g/mol. The Morgan fingerprint density at radius 1 is 1.38 bits per heavy atom. The van der Waals surface area contributed by atoms with Crippen molar-refractivity contribution in [1.29, 1.82) is 0 Å². The van der Waals surface area contributed by atoms with Crippen LogP contribution in [-0.2, 0) is 6.54 Å². The van der Waals surface area contributed by atoms with Crippen LogP contribution in [0.2, 0.25) is 0 Å². The van der Waals surface area contributed by atoms with Gasteiger partial charge in [0, 0.05) is 24.2 Å². The van der Waals surface area contributed by atoms with E-state index < -0.39 is 0 Å². The molecule has 3 nitrogen and oxygen atoms in total. The molecule has 92 valence electrons. The second-order valence-electron chi connectivity index (χ2n) is 4.11. The molecule has 0 radical (unpaired) electrons. The van der Waals surface area contributed by atoms with Crippen LogP contribution in [0.5, 0.6) is 0 Å². The molecule has 1 rings (SSSR count). The Kier molecular flexibility index (Phi) is 6.42. The Morgan fingerprint density at radius 2 is 2.19 bits per heavy atom. The van der Waals surface area contributed by atoms with Gasteiger partial charge >= 0.3 is 0 Å². The number of anilines is 1. The van der Waals surface area contributed by atoms with E-state index in [2.05, 4.69) is 36.1 Å². The molecule has 1 N–H and O–H groups in total. The van der Waals surface area contributed by atoms with E-state index in [0.717, 1.165) is 18.2 Å². The zero-order chi connectivity index (χ0) is 11.8. The van der Waals surface area contributed by atoms with Crippen LogP contribution >= 0.6 is 11.3 Å². The molecule has 0 aliphatic rings. The highest BCUT2D eigenvalue weighted by atomic mass is 32.1. The fourth-order valence-corrected chi connectivity index (χ4v) is 2.55. The van der Waals surface area contributed by atoms with Gasteiger partial charge in [-0.05, 0) is 26.9 Å². The molecule has 0 saturated carbocycles. The summed E-state index contributed by atoms with van der Waals surface area (Å²) in [7, 11) is 2.18. The van der Waals surface area contributed by atoms with Crippen molar-refractivity contribution in [3.8, 4) is 0 Å². The highest BCUT2D eigenvalue weighted by Gasteiger charge is 2.04. The molecule has 0 fully saturated rings. The number of hydrogen-bond donors (Lipinski definition) is 1. The molecule has 0 amide bonds. The first-order valence-corrected chi connectivity index (χ1v) is 6.95. The molecule has 0 aromatic carbocycles. The molecule has 0 spiro atoms. The average molecular weight is 241 g/mol. The second-order valence-corrected chi connectivity index (χ2v) is 5.22. The van der Waals surface area contributed by atoms with Gasteiger partial charge in [0.1, 0.15) is 0 Å². The SMILES string of the molecule is CCCCCN(C)Cc1cnc(NCC)s1. The predicted molar refractivity (Wildman–Crippen MR) is 72.1 cm³/mol. The first-order valence-electron chi connectivity index (χ1n) is 6.13. The minimum absolute atomic E-state index is 0.944. The maximum absolute atomic E-state index is 4.34. The zero-order valence-corrected chi connectivity index (χ0v) is 11.4. The Hall–Kier alpha value is -0.610. The Balaban J connectivity index is 2.28. The van der Waals surface area contributed by atoms with Gasteiger partial charge in [0.15, 0.2) is 5.13 Å². The highest BCUT2D eigenvalue weighted by molar-refractivity contribution is 7.15. The zero-order valence-electron chi connectivity index (χ0n) is 10.6. The third kappa shape index (κ3) is 4.94. The standard InChI is InChI=1S/C12H23N3S/c1-4-6-7-8-15(3)10-11-9-14-12(16-11)13-5-2/h9H,4-8,10H2,1-3H3,(H,13,14). The first-order chi connectivity index (χ1) is 7.76. The smallest absolute Gasteiger partial charge is 0.182 e. The van der Waals surface area contributed by atoms with E-state index in [-0.39, 0.29) is 0 Å². The summed E-state index contributed by atoms with van der Waals surface area (Å²) in [6.07, 6.45) is 5.90. The second kappa shape index (κ2) is 7.63. The molecule has 1 aromatic rings. The Morgan fingerprint density at radius 3 is 2.88 bits per heavy atom. The number of nitrogens with zero attached hydrogens (tertiary/aromatic N) is 2. The molecule has 16 heavy (non-hydrogen) atoms. The maximum atomic E-state index is 4.34. The minimum atomic E-state index is 0.944. The summed E-state index contributed by atoms with van der Waals surface area (Å²) in [4.78, 5) is 8.05. The maximum Gasteiger partial charge on any atom is 0.182 e. The van der Waals surface area contributed by atoms with Gasteiger partial charge in [-0.25, -0.2) is 4.98 Å². The molecule has 0 aliphatic heterocycles. The molecule has 1 aromatic heterocycles. The molecule has 4 heteroatoms. The molecule has 0 unspecified atom stereocenters. The fraction of sp³-hybridized carbons (Fsp3) is 0.750. The normalized spacial score (nSPS) is 11.0. The van der Waals surface area contributed by atoms with Crippen LogP contribution in [0.3, 0.4) is 0 Å². The predicted octanol–water partition coefficient (Wildman–Crippen LogP) is 3.20. The van der Waals surface area contributed by atoms with Gasteiger partial charge in [-0.2, -0.15) is 0 Å². The van der Waals surface area contributed by atoms with E-state index >= 15 is 0 Å². The summed E-state index contributed by atoms with van der Waals surface area (Å²) >= 11 is 1.76. The number of nitrogens with one attached hydrogen (secondary N) is 1. The highest BCUT2D eigenvalue weighted by Crippen LogP contribution is 2.19. The topological polar surface area (TPSA) is 28.2 Å². The lowest BCUT2D eigenvalue weighted by atomic mass is 10.2. The van der Waals surface area contributed by atoms with Crippen molar-refractivity contribution in [2.24, 2.45) is 0 Å². The van der Waals surface area contributed by atoms with E-state index in [0.29, 0.717) is 0 Å². The molecular weight excluding hydrogens is 218 g/mol. The summed E-state index contributed by atoms with van der Waals surface area (Å²) in [5.41, 5.74) is 0.